The van der Waals surface area contributed by atoms with Gasteiger partial charge in [0.25, 0.3) is 0 Å². The van der Waals surface area contributed by atoms with Gasteiger partial charge in [-0.2, -0.15) is 0 Å². The Labute approximate surface area is 76.9 Å². The molecular weight excluding hydrogens is 168 g/mol. The molecule has 0 saturated carbocycles. The van der Waals surface area contributed by atoms with Gasteiger partial charge in [-0.15, -0.1) is 0 Å². The molecular formula is C9H12N2O2. The lowest BCUT2D eigenvalue weighted by atomic mass is 10.1. The molecule has 0 unspecified atom stereocenters. The molecule has 70 valence electrons. The van der Waals surface area contributed by atoms with E-state index in [1.54, 1.807) is 12.4 Å². The Morgan fingerprint density at radius 2 is 2.54 bits per heavy atom. The fraction of sp³-hybridized carbons (Fsp3) is 0.333. The number of nitrogens with one attached hydrogen (secondary N) is 1. The number of hydrogen-bond donors (Lipinski definition) is 1. The molecule has 1 amide bonds. The highest BCUT2D eigenvalue weighted by molar-refractivity contribution is 5.74. The highest BCUT2D eigenvalue weighted by Crippen LogP contribution is 1.99. The third kappa shape index (κ3) is 3.66. The summed E-state index contributed by atoms with van der Waals surface area (Å²) in [4.78, 5) is 19.4. The summed E-state index contributed by atoms with van der Waals surface area (Å²) in [7, 11) is 1.42. The number of hydrogen-bond acceptors (Lipinski definition) is 3. The van der Waals surface area contributed by atoms with Crippen LogP contribution in [0.4, 0.5) is 0 Å². The van der Waals surface area contributed by atoms with Crippen molar-refractivity contribution >= 4 is 5.91 Å². The maximum Gasteiger partial charge on any atom is 0.243 e. The number of carbonyl (C=O) groups excluding carboxylic acids is 1. The summed E-state index contributed by atoms with van der Waals surface area (Å²) in [6, 6.07) is 3.79. The van der Waals surface area contributed by atoms with Crippen molar-refractivity contribution in [2.45, 2.75) is 12.8 Å². The maximum atomic E-state index is 11.0. The third-order valence-corrected chi connectivity index (χ3v) is 1.58. The summed E-state index contributed by atoms with van der Waals surface area (Å²) in [5.74, 6) is -0.119. The van der Waals surface area contributed by atoms with Crippen molar-refractivity contribution in [2.24, 2.45) is 0 Å². The Hall–Kier alpha value is -1.42. The summed E-state index contributed by atoms with van der Waals surface area (Å²) in [5, 5.41) is 0. The van der Waals surface area contributed by atoms with E-state index in [0.29, 0.717) is 12.8 Å². The second-order valence-electron chi connectivity index (χ2n) is 2.59. The number of aryl methyl sites for hydroxylation is 1. The van der Waals surface area contributed by atoms with Crippen molar-refractivity contribution in [2.75, 3.05) is 7.11 Å². The van der Waals surface area contributed by atoms with E-state index in [1.165, 1.54) is 7.11 Å². The number of aromatic nitrogens is 1. The number of rotatable bonds is 4. The average Bonchev–Trinajstić information content (AvgIpc) is 2.17. The minimum absolute atomic E-state index is 0.119. The Morgan fingerprint density at radius 3 is 3.15 bits per heavy atom. The van der Waals surface area contributed by atoms with Crippen molar-refractivity contribution in [3.63, 3.8) is 0 Å². The number of pyridine rings is 1. The van der Waals surface area contributed by atoms with Crippen LogP contribution in [-0.2, 0) is 16.1 Å². The lowest BCUT2D eigenvalue weighted by Gasteiger charge is -2.01. The molecule has 0 aliphatic heterocycles. The Bertz CT molecular complexity index is 262. The molecule has 0 fully saturated rings. The van der Waals surface area contributed by atoms with E-state index in [2.05, 4.69) is 15.3 Å². The number of hydroxylamine groups is 1. The lowest BCUT2D eigenvalue weighted by Crippen LogP contribution is -2.21. The quantitative estimate of drug-likeness (QED) is 0.693. The van der Waals surface area contributed by atoms with Gasteiger partial charge in [0.1, 0.15) is 0 Å². The molecule has 0 saturated heterocycles. The summed E-state index contributed by atoms with van der Waals surface area (Å²) < 4.78 is 0. The number of carbonyl (C=O) groups is 1. The molecule has 0 aliphatic rings. The molecule has 0 atom stereocenters. The zero-order valence-corrected chi connectivity index (χ0v) is 7.49. The van der Waals surface area contributed by atoms with Crippen molar-refractivity contribution in [1.29, 1.82) is 0 Å². The van der Waals surface area contributed by atoms with E-state index in [4.69, 9.17) is 0 Å². The molecule has 4 nitrogen and oxygen atoms in total. The van der Waals surface area contributed by atoms with E-state index in [9.17, 15) is 4.79 Å². The van der Waals surface area contributed by atoms with Gasteiger partial charge in [-0.3, -0.25) is 14.6 Å². The second-order valence-corrected chi connectivity index (χ2v) is 2.59. The molecule has 1 N–H and O–H groups in total. The summed E-state index contributed by atoms with van der Waals surface area (Å²) in [5.41, 5.74) is 3.31. The third-order valence-electron chi connectivity index (χ3n) is 1.58. The van der Waals surface area contributed by atoms with Crippen molar-refractivity contribution in [3.05, 3.63) is 30.1 Å². The lowest BCUT2D eigenvalue weighted by molar-refractivity contribution is -0.131. The molecule has 1 heterocycles. The summed E-state index contributed by atoms with van der Waals surface area (Å²) in [6.07, 6.45) is 4.56. The normalized spacial score (nSPS) is 9.62. The first-order chi connectivity index (χ1) is 6.33. The highest BCUT2D eigenvalue weighted by Gasteiger charge is 2.00. The second kappa shape index (κ2) is 5.27. The first-order valence-electron chi connectivity index (χ1n) is 4.03. The predicted molar refractivity (Wildman–Crippen MR) is 47.7 cm³/mol. The van der Waals surface area contributed by atoms with Gasteiger partial charge in [0.2, 0.25) is 5.91 Å². The fourth-order valence-electron chi connectivity index (χ4n) is 0.969. The monoisotopic (exact) mass is 180 g/mol. The molecule has 1 aromatic rings. The van der Waals surface area contributed by atoms with Crippen LogP contribution in [-0.4, -0.2) is 18.0 Å². The number of amides is 1. The molecule has 1 aromatic heterocycles. The van der Waals surface area contributed by atoms with Crippen LogP contribution in [0.3, 0.4) is 0 Å². The maximum absolute atomic E-state index is 11.0. The van der Waals surface area contributed by atoms with Gasteiger partial charge in [0.15, 0.2) is 0 Å². The molecule has 4 heteroatoms. The van der Waals surface area contributed by atoms with Crippen molar-refractivity contribution in [1.82, 2.24) is 10.5 Å². The largest absolute Gasteiger partial charge is 0.277 e. The topological polar surface area (TPSA) is 51.2 Å². The molecule has 0 spiro atoms. The van der Waals surface area contributed by atoms with Gasteiger partial charge < -0.3 is 0 Å². The van der Waals surface area contributed by atoms with E-state index < -0.39 is 0 Å². The van der Waals surface area contributed by atoms with Gasteiger partial charge in [0, 0.05) is 18.8 Å². The van der Waals surface area contributed by atoms with E-state index in [1.807, 2.05) is 12.1 Å². The smallest absolute Gasteiger partial charge is 0.243 e. The molecule has 0 aliphatic carbocycles. The SMILES string of the molecule is CONC(=O)CCc1cccnc1. The summed E-state index contributed by atoms with van der Waals surface area (Å²) >= 11 is 0. The Balaban J connectivity index is 2.31. The Morgan fingerprint density at radius 1 is 1.69 bits per heavy atom. The van der Waals surface area contributed by atoms with Crippen LogP contribution in [0.15, 0.2) is 24.5 Å². The average molecular weight is 180 g/mol. The van der Waals surface area contributed by atoms with Gasteiger partial charge in [-0.05, 0) is 18.1 Å². The van der Waals surface area contributed by atoms with Crippen molar-refractivity contribution < 1.29 is 9.63 Å². The standard InChI is InChI=1S/C9H12N2O2/c1-13-11-9(12)5-4-8-3-2-6-10-7-8/h2-3,6-7H,4-5H2,1H3,(H,11,12). The zero-order chi connectivity index (χ0) is 9.52. The van der Waals surface area contributed by atoms with E-state index in [-0.39, 0.29) is 5.91 Å². The minimum atomic E-state index is -0.119. The zero-order valence-electron chi connectivity index (χ0n) is 7.49. The van der Waals surface area contributed by atoms with Gasteiger partial charge in [0.05, 0.1) is 7.11 Å². The van der Waals surface area contributed by atoms with Crippen LogP contribution >= 0.6 is 0 Å². The molecule has 13 heavy (non-hydrogen) atoms. The fourth-order valence-corrected chi connectivity index (χ4v) is 0.969. The predicted octanol–water partition coefficient (Wildman–Crippen LogP) is 0.692. The van der Waals surface area contributed by atoms with Gasteiger partial charge in [-0.1, -0.05) is 6.07 Å². The van der Waals surface area contributed by atoms with Gasteiger partial charge >= 0.3 is 0 Å². The number of nitrogens with zero attached hydrogens (tertiary/aromatic N) is 1. The molecule has 0 bridgehead atoms. The first-order valence-corrected chi connectivity index (χ1v) is 4.03. The summed E-state index contributed by atoms with van der Waals surface area (Å²) in [6.45, 7) is 0. The van der Waals surface area contributed by atoms with Crippen LogP contribution < -0.4 is 5.48 Å². The first kappa shape index (κ1) is 9.67. The molecule has 0 radical (unpaired) electrons. The Kier molecular flexibility index (Phi) is 3.92. The molecule has 1 rings (SSSR count). The molecule has 0 aromatic carbocycles. The van der Waals surface area contributed by atoms with E-state index in [0.717, 1.165) is 5.56 Å². The van der Waals surface area contributed by atoms with Crippen LogP contribution in [0.1, 0.15) is 12.0 Å². The van der Waals surface area contributed by atoms with Crippen LogP contribution in [0, 0.1) is 0 Å². The van der Waals surface area contributed by atoms with Crippen LogP contribution in [0.25, 0.3) is 0 Å². The van der Waals surface area contributed by atoms with Gasteiger partial charge in [-0.25, -0.2) is 5.48 Å². The highest BCUT2D eigenvalue weighted by atomic mass is 16.6. The minimum Gasteiger partial charge on any atom is -0.277 e. The van der Waals surface area contributed by atoms with Crippen LogP contribution in [0.2, 0.25) is 0 Å². The van der Waals surface area contributed by atoms with E-state index >= 15 is 0 Å². The van der Waals surface area contributed by atoms with Crippen LogP contribution in [0.5, 0.6) is 0 Å². The van der Waals surface area contributed by atoms with Crippen molar-refractivity contribution in [3.8, 4) is 0 Å².